The van der Waals surface area contributed by atoms with Crippen molar-refractivity contribution in [2.45, 2.75) is 77.4 Å². The first kappa shape index (κ1) is 38.4. The number of alkyl carbamates (subject to hydrolysis) is 1. The maximum absolute atomic E-state index is 14.3. The molecule has 11 nitrogen and oxygen atoms in total. The third kappa shape index (κ3) is 10.3. The van der Waals surface area contributed by atoms with E-state index in [1.165, 1.54) is 4.90 Å². The van der Waals surface area contributed by atoms with Crippen LogP contribution < -0.4 is 10.6 Å². The summed E-state index contributed by atoms with van der Waals surface area (Å²) in [7, 11) is 0. The van der Waals surface area contributed by atoms with Gasteiger partial charge >= 0.3 is 18.2 Å². The van der Waals surface area contributed by atoms with Crippen molar-refractivity contribution in [3.63, 3.8) is 0 Å². The predicted molar refractivity (Wildman–Crippen MR) is 196 cm³/mol. The summed E-state index contributed by atoms with van der Waals surface area (Å²) >= 11 is 0. The maximum atomic E-state index is 14.3. The highest BCUT2D eigenvalue weighted by molar-refractivity contribution is 6.01. The maximum Gasteiger partial charge on any atom is 0.413 e. The number of nitrogens with one attached hydrogen (secondary N) is 2. The molecule has 51 heavy (non-hydrogen) atoms. The Balaban J connectivity index is 1.65. The first-order chi connectivity index (χ1) is 23.9. The summed E-state index contributed by atoms with van der Waals surface area (Å²) in [6, 6.07) is 25.3. The Hall–Kier alpha value is -5.45. The number of pyridine rings is 1. The second-order valence-corrected chi connectivity index (χ2v) is 14.9. The molecule has 2 N–H and O–H groups in total. The molecule has 0 aliphatic carbocycles. The van der Waals surface area contributed by atoms with Gasteiger partial charge < -0.3 is 24.8 Å². The van der Waals surface area contributed by atoms with E-state index in [1.54, 1.807) is 110 Å². The molecule has 2 unspecified atom stereocenters. The fraction of sp³-hybridized carbons (Fsp3) is 0.375. The summed E-state index contributed by atoms with van der Waals surface area (Å²) in [5.74, 6) is -1.10. The number of rotatable bonds is 11. The lowest BCUT2D eigenvalue weighted by molar-refractivity contribution is -0.154. The second-order valence-electron chi connectivity index (χ2n) is 14.9. The van der Waals surface area contributed by atoms with E-state index >= 15 is 0 Å². The van der Waals surface area contributed by atoms with Crippen molar-refractivity contribution >= 4 is 40.5 Å². The normalized spacial score (nSPS) is 14.0. The van der Waals surface area contributed by atoms with Gasteiger partial charge in [0.1, 0.15) is 16.6 Å². The minimum atomic E-state index is -1.37. The van der Waals surface area contributed by atoms with Crippen LogP contribution in [0.4, 0.5) is 15.3 Å². The zero-order chi connectivity index (χ0) is 37.5. The molecule has 0 spiro atoms. The number of carbonyl (C=O) groups is 4. The lowest BCUT2D eigenvalue weighted by Gasteiger charge is -2.36. The van der Waals surface area contributed by atoms with Crippen LogP contribution in [0, 0.1) is 0 Å². The Bertz CT molecular complexity index is 1840. The van der Waals surface area contributed by atoms with Gasteiger partial charge in [0.15, 0.2) is 6.73 Å². The van der Waals surface area contributed by atoms with Crippen molar-refractivity contribution in [2.75, 3.05) is 25.1 Å². The van der Waals surface area contributed by atoms with E-state index in [2.05, 4.69) is 15.6 Å². The third-order valence-corrected chi connectivity index (χ3v) is 8.17. The highest BCUT2D eigenvalue weighted by Gasteiger charge is 2.42. The average Bonchev–Trinajstić information content (AvgIpc) is 3.08. The number of hydrogen-bond donors (Lipinski definition) is 2. The molecule has 0 aliphatic rings. The van der Waals surface area contributed by atoms with Crippen LogP contribution >= 0.6 is 0 Å². The van der Waals surface area contributed by atoms with Crippen LogP contribution in [0.15, 0.2) is 97.3 Å². The zero-order valence-electron chi connectivity index (χ0n) is 30.6. The van der Waals surface area contributed by atoms with Gasteiger partial charge in [-0.05, 0) is 90.1 Å². The van der Waals surface area contributed by atoms with Crippen molar-refractivity contribution in [3.8, 4) is 0 Å². The smallest absolute Gasteiger partial charge is 0.413 e. The Morgan fingerprint density at radius 3 is 1.88 bits per heavy atom. The van der Waals surface area contributed by atoms with E-state index in [0.717, 1.165) is 10.8 Å². The van der Waals surface area contributed by atoms with E-state index in [1.807, 2.05) is 42.5 Å². The Kier molecular flexibility index (Phi) is 11.7. The quantitative estimate of drug-likeness (QED) is 0.0944. The van der Waals surface area contributed by atoms with E-state index in [-0.39, 0.29) is 13.1 Å². The lowest BCUT2D eigenvalue weighted by Crippen LogP contribution is -2.52. The van der Waals surface area contributed by atoms with Crippen molar-refractivity contribution in [3.05, 3.63) is 108 Å². The minimum absolute atomic E-state index is 0.150. The summed E-state index contributed by atoms with van der Waals surface area (Å²) in [5, 5.41) is 7.52. The summed E-state index contributed by atoms with van der Waals surface area (Å²) in [6.07, 6.45) is 1.95. The fourth-order valence-electron chi connectivity index (χ4n) is 5.36. The number of aromatic nitrogens is 1. The predicted octanol–water partition coefficient (Wildman–Crippen LogP) is 7.35. The molecule has 3 aromatic carbocycles. The molecule has 4 rings (SSSR count). The van der Waals surface area contributed by atoms with Gasteiger partial charge in [-0.3, -0.25) is 19.5 Å². The molecule has 0 fully saturated rings. The summed E-state index contributed by atoms with van der Waals surface area (Å²) in [4.78, 5) is 60.0. The first-order valence-corrected chi connectivity index (χ1v) is 16.8. The minimum Gasteiger partial charge on any atom is -0.444 e. The van der Waals surface area contributed by atoms with Crippen LogP contribution in [0.2, 0.25) is 0 Å². The number of nitrogens with zero attached hydrogens (tertiary/aromatic N) is 2. The number of fused-ring (bicyclic) bond motifs is 1. The van der Waals surface area contributed by atoms with Gasteiger partial charge in [-0.1, -0.05) is 66.7 Å². The monoisotopic (exact) mass is 696 g/mol. The molecule has 4 aromatic rings. The third-order valence-electron chi connectivity index (χ3n) is 8.17. The molecule has 1 aromatic heterocycles. The van der Waals surface area contributed by atoms with E-state index in [4.69, 9.17) is 14.2 Å². The van der Waals surface area contributed by atoms with Crippen LogP contribution in [-0.2, 0) is 34.6 Å². The topological polar surface area (TPSA) is 136 Å². The van der Waals surface area contributed by atoms with Crippen LogP contribution in [0.3, 0.4) is 0 Å². The van der Waals surface area contributed by atoms with Crippen LogP contribution in [0.1, 0.15) is 66.5 Å². The molecule has 270 valence electrons. The van der Waals surface area contributed by atoms with Crippen LogP contribution in [0.25, 0.3) is 10.8 Å². The van der Waals surface area contributed by atoms with Gasteiger partial charge in [-0.15, -0.1) is 0 Å². The first-order valence-electron chi connectivity index (χ1n) is 16.8. The Labute approximate surface area is 299 Å². The highest BCUT2D eigenvalue weighted by Crippen LogP contribution is 2.30. The molecule has 0 saturated carbocycles. The van der Waals surface area contributed by atoms with Gasteiger partial charge in [0.05, 0.1) is 5.41 Å². The molecular weight excluding hydrogens is 648 g/mol. The molecule has 2 atom stereocenters. The number of hydrogen-bond acceptors (Lipinski definition) is 8. The van der Waals surface area contributed by atoms with E-state index in [9.17, 15) is 19.2 Å². The molecule has 11 heteroatoms. The average molecular weight is 697 g/mol. The second kappa shape index (κ2) is 15.6. The van der Waals surface area contributed by atoms with Gasteiger partial charge in [-0.2, -0.15) is 0 Å². The Morgan fingerprint density at radius 2 is 1.29 bits per heavy atom. The molecule has 0 aliphatic heterocycles. The molecule has 0 radical (unpaired) electrons. The van der Waals surface area contributed by atoms with Crippen molar-refractivity contribution in [1.82, 2.24) is 15.2 Å². The van der Waals surface area contributed by atoms with Crippen molar-refractivity contribution < 1.29 is 33.4 Å². The van der Waals surface area contributed by atoms with Crippen LogP contribution in [-0.4, -0.2) is 65.0 Å². The zero-order valence-corrected chi connectivity index (χ0v) is 30.6. The van der Waals surface area contributed by atoms with Crippen molar-refractivity contribution in [2.24, 2.45) is 0 Å². The number of anilines is 1. The van der Waals surface area contributed by atoms with Crippen molar-refractivity contribution in [1.29, 1.82) is 0 Å². The standard InChI is InChI=1S/C40H48N4O7/c1-37(2,3)50-35(47)42-25-39(7,30-15-11-9-12-16-30)34(46)49-27-44(36(48)51-38(4,5)6)26-40(8,31-17-13-10-14-18-31)33(45)43-32-20-19-29-24-41-22-21-28(29)23-32/h9-24H,25-27H2,1-8H3,(H,42,47)(H,43,45). The number of ether oxygens (including phenoxy) is 3. The number of amides is 3. The number of esters is 1. The summed E-state index contributed by atoms with van der Waals surface area (Å²) in [5.41, 5.74) is -2.57. The van der Waals surface area contributed by atoms with Gasteiger partial charge in [0.25, 0.3) is 0 Å². The summed E-state index contributed by atoms with van der Waals surface area (Å²) < 4.78 is 17.0. The summed E-state index contributed by atoms with van der Waals surface area (Å²) in [6.45, 7) is 12.9. The molecular formula is C40H48N4O7. The van der Waals surface area contributed by atoms with E-state index in [0.29, 0.717) is 16.8 Å². The number of carbonyl (C=O) groups excluding carboxylic acids is 4. The Morgan fingerprint density at radius 1 is 0.706 bits per heavy atom. The largest absolute Gasteiger partial charge is 0.444 e. The molecule has 0 saturated heterocycles. The van der Waals surface area contributed by atoms with Crippen LogP contribution in [0.5, 0.6) is 0 Å². The molecule has 0 bridgehead atoms. The molecule has 1 heterocycles. The van der Waals surface area contributed by atoms with Gasteiger partial charge in [0, 0.05) is 36.6 Å². The van der Waals surface area contributed by atoms with Gasteiger partial charge in [-0.25, -0.2) is 9.59 Å². The number of benzene rings is 3. The van der Waals surface area contributed by atoms with Gasteiger partial charge in [0.2, 0.25) is 5.91 Å². The molecule has 3 amide bonds. The highest BCUT2D eigenvalue weighted by atomic mass is 16.6. The SMILES string of the molecule is CC(C)(C)OC(=O)NCC(C)(C(=O)OCN(CC(C)(C(=O)Nc1ccc2cnccc2c1)c1ccccc1)C(=O)OC(C)(C)C)c1ccccc1. The lowest BCUT2D eigenvalue weighted by atomic mass is 9.80. The van der Waals surface area contributed by atoms with E-state index < -0.39 is 52.8 Å². The fourth-order valence-corrected chi connectivity index (χ4v) is 5.36.